The van der Waals surface area contributed by atoms with Gasteiger partial charge in [0, 0.05) is 17.2 Å². The maximum absolute atomic E-state index is 13.1. The second kappa shape index (κ2) is 6.60. The monoisotopic (exact) mass is 447 g/mol. The Balaban J connectivity index is 1.31. The third kappa shape index (κ3) is 2.78. The summed E-state index contributed by atoms with van der Waals surface area (Å²) in [5.74, 6) is 0.942. The zero-order chi connectivity index (χ0) is 22.0. The predicted octanol–water partition coefficient (Wildman–Crippen LogP) is 2.80. The summed E-state index contributed by atoms with van der Waals surface area (Å²) in [5.41, 5.74) is 2.22. The van der Waals surface area contributed by atoms with Gasteiger partial charge in [-0.1, -0.05) is 6.07 Å². The van der Waals surface area contributed by atoms with E-state index < -0.39 is 15.6 Å². The van der Waals surface area contributed by atoms with E-state index in [0.717, 1.165) is 61.2 Å². The Kier molecular flexibility index (Phi) is 4.00. The Morgan fingerprint density at radius 2 is 1.88 bits per heavy atom. The molecule has 162 valence electrons. The van der Waals surface area contributed by atoms with Crippen LogP contribution in [0.2, 0.25) is 0 Å². The SMILES string of the molecule is N#Cc1cccc(S(=O)(=O)NC23CCC(c4nnc5cnc6[nH]ccc6n45)(CC2)CC3)c1. The average molecular weight is 448 g/mol. The summed E-state index contributed by atoms with van der Waals surface area (Å²) in [6.07, 6.45) is 8.31. The van der Waals surface area contributed by atoms with Crippen LogP contribution < -0.4 is 4.72 Å². The highest BCUT2D eigenvalue weighted by molar-refractivity contribution is 7.89. The summed E-state index contributed by atoms with van der Waals surface area (Å²) in [7, 11) is -3.71. The van der Waals surface area contributed by atoms with E-state index in [2.05, 4.69) is 29.3 Å². The van der Waals surface area contributed by atoms with Gasteiger partial charge >= 0.3 is 0 Å². The molecule has 9 nitrogen and oxygen atoms in total. The second-order valence-corrected chi connectivity index (χ2v) is 10.7. The number of nitrogens with zero attached hydrogens (tertiary/aromatic N) is 5. The molecule has 0 aliphatic heterocycles. The van der Waals surface area contributed by atoms with Gasteiger partial charge in [-0.2, -0.15) is 5.26 Å². The van der Waals surface area contributed by atoms with Crippen molar-refractivity contribution in [3.63, 3.8) is 0 Å². The minimum atomic E-state index is -3.71. The van der Waals surface area contributed by atoms with Crippen LogP contribution in [0.3, 0.4) is 0 Å². The van der Waals surface area contributed by atoms with Gasteiger partial charge in [0.15, 0.2) is 11.3 Å². The van der Waals surface area contributed by atoms with Crippen molar-refractivity contribution in [1.29, 1.82) is 5.26 Å². The number of H-pyrrole nitrogens is 1. The van der Waals surface area contributed by atoms with E-state index >= 15 is 0 Å². The zero-order valence-electron chi connectivity index (χ0n) is 17.2. The van der Waals surface area contributed by atoms with Crippen molar-refractivity contribution in [3.05, 3.63) is 54.1 Å². The highest BCUT2D eigenvalue weighted by atomic mass is 32.2. The Morgan fingerprint density at radius 1 is 1.09 bits per heavy atom. The van der Waals surface area contributed by atoms with Gasteiger partial charge in [-0.25, -0.2) is 18.1 Å². The number of aromatic amines is 1. The Morgan fingerprint density at radius 3 is 2.62 bits per heavy atom. The number of nitriles is 1. The Bertz CT molecular complexity index is 1490. The first-order valence-corrected chi connectivity index (χ1v) is 12.1. The predicted molar refractivity (Wildman–Crippen MR) is 116 cm³/mol. The lowest BCUT2D eigenvalue weighted by Gasteiger charge is -2.52. The molecule has 0 radical (unpaired) electrons. The molecule has 7 rings (SSSR count). The molecule has 0 spiro atoms. The highest BCUT2D eigenvalue weighted by Gasteiger charge is 2.53. The van der Waals surface area contributed by atoms with Crippen LogP contribution in [0.1, 0.15) is 49.9 Å². The number of benzene rings is 1. The van der Waals surface area contributed by atoms with Crippen molar-refractivity contribution in [2.75, 3.05) is 0 Å². The van der Waals surface area contributed by atoms with E-state index in [9.17, 15) is 8.42 Å². The van der Waals surface area contributed by atoms with Crippen LogP contribution in [0.5, 0.6) is 0 Å². The van der Waals surface area contributed by atoms with Gasteiger partial charge < -0.3 is 4.98 Å². The van der Waals surface area contributed by atoms with E-state index in [4.69, 9.17) is 5.26 Å². The number of hydrogen-bond acceptors (Lipinski definition) is 6. The lowest BCUT2D eigenvalue weighted by Crippen LogP contribution is -2.58. The molecule has 0 saturated heterocycles. The summed E-state index contributed by atoms with van der Waals surface area (Å²) in [5, 5.41) is 18.1. The van der Waals surface area contributed by atoms with Gasteiger partial charge in [-0.3, -0.25) is 4.40 Å². The van der Waals surface area contributed by atoms with Crippen LogP contribution in [0, 0.1) is 11.3 Å². The van der Waals surface area contributed by atoms with Crippen LogP contribution in [0.25, 0.3) is 16.8 Å². The zero-order valence-corrected chi connectivity index (χ0v) is 18.1. The highest BCUT2D eigenvalue weighted by Crippen LogP contribution is 2.53. The summed E-state index contributed by atoms with van der Waals surface area (Å²) in [6, 6.07) is 10.2. The normalized spacial score (nSPS) is 25.3. The largest absolute Gasteiger partial charge is 0.345 e. The van der Waals surface area contributed by atoms with Crippen LogP contribution >= 0.6 is 0 Å². The number of aromatic nitrogens is 5. The Hall–Kier alpha value is -3.29. The molecule has 0 amide bonds. The number of fused-ring (bicyclic) bond motifs is 6. The lowest BCUT2D eigenvalue weighted by molar-refractivity contribution is 0.0882. The topological polar surface area (TPSA) is 129 Å². The summed E-state index contributed by atoms with van der Waals surface area (Å²) in [6.45, 7) is 0. The third-order valence-electron chi connectivity index (χ3n) is 7.29. The molecule has 3 aliphatic rings. The van der Waals surface area contributed by atoms with Crippen molar-refractivity contribution in [2.45, 2.75) is 54.4 Å². The van der Waals surface area contributed by atoms with E-state index in [1.54, 1.807) is 18.3 Å². The molecule has 10 heteroatoms. The van der Waals surface area contributed by atoms with E-state index in [1.165, 1.54) is 12.1 Å². The smallest absolute Gasteiger partial charge is 0.241 e. The maximum Gasteiger partial charge on any atom is 0.241 e. The van der Waals surface area contributed by atoms with E-state index in [-0.39, 0.29) is 10.3 Å². The van der Waals surface area contributed by atoms with Gasteiger partial charge in [0.25, 0.3) is 0 Å². The number of nitrogens with one attached hydrogen (secondary N) is 2. The first-order valence-electron chi connectivity index (χ1n) is 10.7. The van der Waals surface area contributed by atoms with Crippen molar-refractivity contribution < 1.29 is 8.42 Å². The fourth-order valence-electron chi connectivity index (χ4n) is 5.47. The van der Waals surface area contributed by atoms with Gasteiger partial charge in [0.2, 0.25) is 10.0 Å². The fraction of sp³-hybridized carbons (Fsp3) is 0.364. The van der Waals surface area contributed by atoms with Crippen LogP contribution in [-0.4, -0.2) is 38.5 Å². The number of rotatable bonds is 4. The summed E-state index contributed by atoms with van der Waals surface area (Å²) < 4.78 is 31.3. The minimum absolute atomic E-state index is 0.126. The molecule has 0 unspecified atom stereocenters. The van der Waals surface area contributed by atoms with Crippen molar-refractivity contribution in [2.24, 2.45) is 0 Å². The fourth-order valence-corrected chi connectivity index (χ4v) is 7.00. The minimum Gasteiger partial charge on any atom is -0.345 e. The molecule has 4 aromatic rings. The van der Waals surface area contributed by atoms with E-state index in [1.807, 2.05) is 18.3 Å². The molecule has 2 bridgehead atoms. The molecule has 3 aliphatic carbocycles. The number of hydrogen-bond donors (Lipinski definition) is 2. The lowest BCUT2D eigenvalue weighted by atomic mass is 9.57. The van der Waals surface area contributed by atoms with Crippen molar-refractivity contribution in [3.8, 4) is 6.07 Å². The molecule has 3 saturated carbocycles. The number of sulfonamides is 1. The second-order valence-electron chi connectivity index (χ2n) is 8.99. The molecule has 3 heterocycles. The van der Waals surface area contributed by atoms with Gasteiger partial charge in [-0.15, -0.1) is 10.2 Å². The summed E-state index contributed by atoms with van der Waals surface area (Å²) in [4.78, 5) is 7.68. The first kappa shape index (κ1) is 19.4. The molecule has 3 aromatic heterocycles. The molecule has 0 atom stereocenters. The molecule has 3 fully saturated rings. The third-order valence-corrected chi connectivity index (χ3v) is 8.86. The molecule has 2 N–H and O–H groups in total. The maximum atomic E-state index is 13.1. The Labute approximate surface area is 184 Å². The quantitative estimate of drug-likeness (QED) is 0.495. The summed E-state index contributed by atoms with van der Waals surface area (Å²) >= 11 is 0. The molecule has 32 heavy (non-hydrogen) atoms. The van der Waals surface area contributed by atoms with Crippen molar-refractivity contribution in [1.82, 2.24) is 29.3 Å². The van der Waals surface area contributed by atoms with Gasteiger partial charge in [0.1, 0.15) is 5.82 Å². The first-order chi connectivity index (χ1) is 15.4. The van der Waals surface area contributed by atoms with E-state index in [0.29, 0.717) is 5.56 Å². The van der Waals surface area contributed by atoms with Gasteiger partial charge in [-0.05, 0) is 62.8 Å². The van der Waals surface area contributed by atoms with Gasteiger partial charge in [0.05, 0.1) is 28.2 Å². The van der Waals surface area contributed by atoms with Crippen LogP contribution in [0.15, 0.2) is 47.6 Å². The van der Waals surface area contributed by atoms with Crippen molar-refractivity contribution >= 4 is 26.8 Å². The van der Waals surface area contributed by atoms with Crippen LogP contribution in [0.4, 0.5) is 0 Å². The standard InChI is InChI=1S/C22H21N7O2S/c23-13-15-2-1-3-16(12-15)32(30,31)28-22-8-5-21(6-9-22,7-10-22)20-27-26-18-14-25-19-17(29(18)20)4-11-24-19/h1-4,11-12,14,24,28H,5-10H2. The molecular weight excluding hydrogens is 426 g/mol. The molecular formula is C22H21N7O2S. The molecule has 1 aromatic carbocycles. The van der Waals surface area contributed by atoms with Crippen LogP contribution in [-0.2, 0) is 15.4 Å². The average Bonchev–Trinajstić information content (AvgIpc) is 3.47.